The fourth-order valence-electron chi connectivity index (χ4n) is 2.09. The zero-order chi connectivity index (χ0) is 16.2. The average Bonchev–Trinajstić information content (AvgIpc) is 2.56. The van der Waals surface area contributed by atoms with Crippen molar-refractivity contribution in [3.63, 3.8) is 0 Å². The van der Waals surface area contributed by atoms with Gasteiger partial charge in [-0.2, -0.15) is 5.26 Å². The highest BCUT2D eigenvalue weighted by Crippen LogP contribution is 2.20. The van der Waals surface area contributed by atoms with Crippen LogP contribution in [-0.2, 0) is 13.0 Å². The highest BCUT2D eigenvalue weighted by Gasteiger charge is 2.04. The number of rotatable bonds is 4. The predicted molar refractivity (Wildman–Crippen MR) is 84.6 cm³/mol. The molecule has 4 nitrogen and oxygen atoms in total. The summed E-state index contributed by atoms with van der Waals surface area (Å²) in [6, 6.07) is 10.1. The minimum Gasteiger partial charge on any atom is -0.487 e. The third kappa shape index (κ3) is 3.55. The molecule has 0 aliphatic carbocycles. The second-order valence-corrected chi connectivity index (χ2v) is 5.33. The number of aromatic nitrogens is 2. The van der Waals surface area contributed by atoms with Crippen molar-refractivity contribution < 1.29 is 9.13 Å². The maximum absolute atomic E-state index is 13.1. The van der Waals surface area contributed by atoms with Crippen LogP contribution in [0.5, 0.6) is 5.75 Å². The van der Waals surface area contributed by atoms with Crippen LogP contribution < -0.4 is 4.74 Å². The largest absolute Gasteiger partial charge is 0.487 e. The van der Waals surface area contributed by atoms with E-state index >= 15 is 0 Å². The summed E-state index contributed by atoms with van der Waals surface area (Å²) in [6.07, 6.45) is 3.54. The Morgan fingerprint density at radius 3 is 2.65 bits per heavy atom. The van der Waals surface area contributed by atoms with Gasteiger partial charge in [0.25, 0.3) is 0 Å². The van der Waals surface area contributed by atoms with Gasteiger partial charge in [0, 0.05) is 12.3 Å². The topological polar surface area (TPSA) is 58.8 Å². The Bertz CT molecular complexity index is 908. The minimum absolute atomic E-state index is 0.0643. The molecule has 0 aliphatic rings. The molecule has 3 aromatic rings. The molecule has 0 fully saturated rings. The highest BCUT2D eigenvalue weighted by molar-refractivity contribution is 6.30. The van der Waals surface area contributed by atoms with E-state index in [1.54, 1.807) is 24.5 Å². The Kier molecular flexibility index (Phi) is 4.35. The molecule has 2 heterocycles. The standard InChI is InChI=1S/C17H11ClFN3O/c18-14-5-12(1-2-15(14)19)10-23-13-7-17-16(22-9-13)6-11(3-4-20)8-21-17/h1-2,5-9H,3,10H2. The number of pyridine rings is 2. The monoisotopic (exact) mass is 327 g/mol. The lowest BCUT2D eigenvalue weighted by Crippen LogP contribution is -1.97. The van der Waals surface area contributed by atoms with E-state index < -0.39 is 5.82 Å². The van der Waals surface area contributed by atoms with E-state index in [-0.39, 0.29) is 11.6 Å². The lowest BCUT2D eigenvalue weighted by molar-refractivity contribution is 0.305. The first kappa shape index (κ1) is 15.2. The third-order valence-electron chi connectivity index (χ3n) is 3.24. The van der Waals surface area contributed by atoms with Crippen LogP contribution in [0.2, 0.25) is 5.02 Å². The van der Waals surface area contributed by atoms with E-state index in [1.807, 2.05) is 6.07 Å². The van der Waals surface area contributed by atoms with Crippen LogP contribution in [0.4, 0.5) is 4.39 Å². The Balaban J connectivity index is 1.76. The Labute approximate surface area is 137 Å². The molecule has 0 unspecified atom stereocenters. The van der Waals surface area contributed by atoms with Crippen LogP contribution in [0.1, 0.15) is 11.1 Å². The van der Waals surface area contributed by atoms with Crippen molar-refractivity contribution in [2.45, 2.75) is 13.0 Å². The van der Waals surface area contributed by atoms with Gasteiger partial charge < -0.3 is 4.74 Å². The van der Waals surface area contributed by atoms with Crippen LogP contribution in [-0.4, -0.2) is 9.97 Å². The van der Waals surface area contributed by atoms with Crippen molar-refractivity contribution in [2.24, 2.45) is 0 Å². The summed E-state index contributed by atoms with van der Waals surface area (Å²) < 4.78 is 18.7. The zero-order valence-electron chi connectivity index (χ0n) is 12.0. The molecule has 0 amide bonds. The van der Waals surface area contributed by atoms with E-state index in [2.05, 4.69) is 16.0 Å². The maximum atomic E-state index is 13.1. The predicted octanol–water partition coefficient (Wildman–Crippen LogP) is 4.07. The van der Waals surface area contributed by atoms with Crippen LogP contribution in [0.15, 0.2) is 42.7 Å². The van der Waals surface area contributed by atoms with Crippen molar-refractivity contribution in [2.75, 3.05) is 0 Å². The highest BCUT2D eigenvalue weighted by atomic mass is 35.5. The molecule has 0 saturated heterocycles. The van der Waals surface area contributed by atoms with Gasteiger partial charge in [0.1, 0.15) is 18.2 Å². The fraction of sp³-hybridized carbons (Fsp3) is 0.118. The summed E-state index contributed by atoms with van der Waals surface area (Å²) in [5.74, 6) is 0.0960. The van der Waals surface area contributed by atoms with Crippen LogP contribution >= 0.6 is 11.6 Å². The molecule has 23 heavy (non-hydrogen) atoms. The van der Waals surface area contributed by atoms with E-state index in [1.165, 1.54) is 12.1 Å². The zero-order valence-corrected chi connectivity index (χ0v) is 12.7. The number of hydrogen-bond donors (Lipinski definition) is 0. The molecule has 2 aromatic heterocycles. The van der Waals surface area contributed by atoms with Gasteiger partial charge in [-0.25, -0.2) is 4.39 Å². The SMILES string of the molecule is N#CCc1cnc2cc(OCc3ccc(F)c(Cl)c3)cnc2c1. The number of fused-ring (bicyclic) bond motifs is 1. The number of ether oxygens (including phenoxy) is 1. The molecule has 0 aliphatic heterocycles. The van der Waals surface area contributed by atoms with E-state index in [0.717, 1.165) is 11.1 Å². The molecule has 1 aromatic carbocycles. The smallest absolute Gasteiger partial charge is 0.141 e. The second-order valence-electron chi connectivity index (χ2n) is 4.92. The lowest BCUT2D eigenvalue weighted by Gasteiger charge is -2.07. The quantitative estimate of drug-likeness (QED) is 0.725. The number of nitrogens with zero attached hydrogens (tertiary/aromatic N) is 3. The van der Waals surface area contributed by atoms with Crippen molar-refractivity contribution >= 4 is 22.6 Å². The molecule has 0 spiro atoms. The Morgan fingerprint density at radius 2 is 1.87 bits per heavy atom. The molecule has 0 atom stereocenters. The minimum atomic E-state index is -0.458. The first-order chi connectivity index (χ1) is 11.2. The molecular weight excluding hydrogens is 317 g/mol. The van der Waals surface area contributed by atoms with Gasteiger partial charge >= 0.3 is 0 Å². The summed E-state index contributed by atoms with van der Waals surface area (Å²) in [7, 11) is 0. The Morgan fingerprint density at radius 1 is 1.09 bits per heavy atom. The van der Waals surface area contributed by atoms with Crippen LogP contribution in [0.3, 0.4) is 0 Å². The molecule has 0 N–H and O–H groups in total. The Hall–Kier alpha value is -2.71. The van der Waals surface area contributed by atoms with Gasteiger partial charge in [-0.3, -0.25) is 9.97 Å². The molecule has 114 valence electrons. The lowest BCUT2D eigenvalue weighted by atomic mass is 10.2. The molecular formula is C17H11ClFN3O. The molecule has 0 radical (unpaired) electrons. The number of halogens is 2. The van der Waals surface area contributed by atoms with Gasteiger partial charge in [0.2, 0.25) is 0 Å². The first-order valence-corrected chi connectivity index (χ1v) is 7.22. The molecule has 3 rings (SSSR count). The molecule has 0 bridgehead atoms. The number of nitriles is 1. The number of benzene rings is 1. The average molecular weight is 328 g/mol. The summed E-state index contributed by atoms with van der Waals surface area (Å²) >= 11 is 5.74. The summed E-state index contributed by atoms with van der Waals surface area (Å²) in [4.78, 5) is 8.56. The van der Waals surface area contributed by atoms with Crippen LogP contribution in [0.25, 0.3) is 11.0 Å². The maximum Gasteiger partial charge on any atom is 0.141 e. The van der Waals surface area contributed by atoms with Crippen LogP contribution in [0, 0.1) is 17.1 Å². The van der Waals surface area contributed by atoms with Gasteiger partial charge in [-0.1, -0.05) is 17.7 Å². The van der Waals surface area contributed by atoms with Gasteiger partial charge in [0.05, 0.1) is 34.7 Å². The van der Waals surface area contributed by atoms with Gasteiger partial charge in [-0.05, 0) is 29.3 Å². The normalized spacial score (nSPS) is 10.5. The summed E-state index contributed by atoms with van der Waals surface area (Å²) in [5, 5.41) is 8.76. The summed E-state index contributed by atoms with van der Waals surface area (Å²) in [6.45, 7) is 0.250. The van der Waals surface area contributed by atoms with E-state index in [0.29, 0.717) is 23.2 Å². The summed E-state index contributed by atoms with van der Waals surface area (Å²) in [5.41, 5.74) is 2.97. The second kappa shape index (κ2) is 6.59. The first-order valence-electron chi connectivity index (χ1n) is 6.84. The fourth-order valence-corrected chi connectivity index (χ4v) is 2.29. The number of hydrogen-bond acceptors (Lipinski definition) is 4. The van der Waals surface area contributed by atoms with E-state index in [4.69, 9.17) is 21.6 Å². The van der Waals surface area contributed by atoms with Gasteiger partial charge in [0.15, 0.2) is 0 Å². The molecule has 0 saturated carbocycles. The van der Waals surface area contributed by atoms with Crippen molar-refractivity contribution in [3.05, 3.63) is 64.7 Å². The van der Waals surface area contributed by atoms with Crippen molar-refractivity contribution in [3.8, 4) is 11.8 Å². The molecule has 6 heteroatoms. The third-order valence-corrected chi connectivity index (χ3v) is 3.53. The van der Waals surface area contributed by atoms with Gasteiger partial charge in [-0.15, -0.1) is 0 Å². The van der Waals surface area contributed by atoms with E-state index in [9.17, 15) is 4.39 Å². The van der Waals surface area contributed by atoms with Crippen molar-refractivity contribution in [1.82, 2.24) is 9.97 Å². The van der Waals surface area contributed by atoms with Crippen molar-refractivity contribution in [1.29, 1.82) is 5.26 Å².